The van der Waals surface area contributed by atoms with Gasteiger partial charge in [-0.15, -0.1) is 24.9 Å². The molecule has 5 aromatic rings. The van der Waals surface area contributed by atoms with Gasteiger partial charge in [0, 0.05) is 30.2 Å². The number of phenols is 1. The molecule has 0 unspecified atom stereocenters. The third-order valence-electron chi connectivity index (χ3n) is 7.32. The highest BCUT2D eigenvalue weighted by atomic mass is 32.3. The van der Waals surface area contributed by atoms with Crippen molar-refractivity contribution in [2.75, 3.05) is 22.9 Å². The van der Waals surface area contributed by atoms with Gasteiger partial charge in [0.1, 0.15) is 36.7 Å². The molecule has 0 spiro atoms. The van der Waals surface area contributed by atoms with E-state index in [-0.39, 0.29) is 16.0 Å². The van der Waals surface area contributed by atoms with E-state index in [0.29, 0.717) is 17.8 Å². The summed E-state index contributed by atoms with van der Waals surface area (Å²) in [4.78, 5) is 30.9. The summed E-state index contributed by atoms with van der Waals surface area (Å²) >= 11 is 0. The number of fused-ring (bicyclic) bond motifs is 2. The molecule has 30 heteroatoms. The van der Waals surface area contributed by atoms with Crippen LogP contribution < -0.4 is 22.9 Å². The van der Waals surface area contributed by atoms with Gasteiger partial charge in [-0.25, -0.2) is 0 Å². The quantitative estimate of drug-likeness (QED) is 0.0310. The lowest BCUT2D eigenvalue weighted by Gasteiger charge is -2.20. The van der Waals surface area contributed by atoms with E-state index in [0.717, 1.165) is 36.4 Å². The standard InChI is InChI=1S/C20H15N7O13S4.C6H8N2O3S/c21-16-13(43(35,36)37)6-8-7-14(41(25-29,26-30)27-31)18(17(22)15(8)19(16)28)24-23-11-5-4-9-10(20(11)44(38,39)40)2-1-3-12(9)42(32,33)34;7-4-1-2-6(5(8)3-4)12(9,10)11/h1-7,28H,21-22H2,(H,32,33,34)(H,35,36,37)(H,38,39,40);1-3H,7-8H2,(H,9,10,11). The zero-order chi connectivity index (χ0) is 42.3. The Bertz CT molecular complexity index is 2980. The molecule has 0 fully saturated rings. The fourth-order valence-electron chi connectivity index (χ4n) is 4.99. The van der Waals surface area contributed by atoms with E-state index in [4.69, 9.17) is 27.5 Å². The largest absolute Gasteiger partial charge is 0.505 e. The van der Waals surface area contributed by atoms with Crippen LogP contribution in [0.3, 0.4) is 0 Å². The average Bonchev–Trinajstić information content (AvgIpc) is 3.08. The van der Waals surface area contributed by atoms with E-state index in [2.05, 4.69) is 24.0 Å². The molecule has 5 aromatic carbocycles. The zero-order valence-corrected chi connectivity index (χ0v) is 31.2. The number of nitroso groups, excluding NO2 is 3. The lowest BCUT2D eigenvalue weighted by atomic mass is 10.1. The molecule has 0 bridgehead atoms. The fraction of sp³-hybridized carbons (Fsp3) is 0. The molecule has 0 amide bonds. The first-order valence-electron chi connectivity index (χ1n) is 14.0. The number of hydrogen-bond donors (Lipinski definition) is 9. The van der Waals surface area contributed by atoms with Crippen molar-refractivity contribution >= 4 is 107 Å². The molecule has 5 rings (SSSR count). The number of benzene rings is 5. The maximum Gasteiger partial charge on any atom is 0.297 e. The average molecular weight is 878 g/mol. The van der Waals surface area contributed by atoms with Crippen LogP contribution in [0.5, 0.6) is 5.75 Å². The van der Waals surface area contributed by atoms with E-state index in [1.165, 1.54) is 12.1 Å². The summed E-state index contributed by atoms with van der Waals surface area (Å²) in [6.45, 7) is 0. The van der Waals surface area contributed by atoms with Gasteiger partial charge in [-0.2, -0.15) is 33.7 Å². The molecule has 25 nitrogen and oxygen atoms in total. The lowest BCUT2D eigenvalue weighted by molar-refractivity contribution is 0.473. The first-order chi connectivity index (χ1) is 25.7. The van der Waals surface area contributed by atoms with Crippen LogP contribution in [-0.2, 0) is 40.5 Å². The van der Waals surface area contributed by atoms with Crippen molar-refractivity contribution in [2.45, 2.75) is 24.5 Å². The number of azo groups is 1. The summed E-state index contributed by atoms with van der Waals surface area (Å²) in [5, 5.41) is 16.2. The van der Waals surface area contributed by atoms with Crippen molar-refractivity contribution in [2.24, 2.45) is 24.0 Å². The number of rotatable bonds is 10. The number of hydrogen-bond acceptors (Lipinski definition) is 21. The van der Waals surface area contributed by atoms with Gasteiger partial charge in [0.15, 0.2) is 10.6 Å². The molecule has 0 aliphatic rings. The van der Waals surface area contributed by atoms with E-state index in [9.17, 15) is 67.2 Å². The van der Waals surface area contributed by atoms with Crippen molar-refractivity contribution in [3.8, 4) is 5.75 Å². The van der Waals surface area contributed by atoms with Gasteiger partial charge >= 0.3 is 0 Å². The van der Waals surface area contributed by atoms with Crippen molar-refractivity contribution in [3.63, 3.8) is 0 Å². The molecule has 56 heavy (non-hydrogen) atoms. The minimum atomic E-state index is -5.25. The van der Waals surface area contributed by atoms with Crippen LogP contribution in [0.1, 0.15) is 0 Å². The van der Waals surface area contributed by atoms with Gasteiger partial charge in [-0.05, 0) is 47.9 Å². The van der Waals surface area contributed by atoms with E-state index in [1.807, 2.05) is 0 Å². The second-order valence-electron chi connectivity index (χ2n) is 10.8. The second kappa shape index (κ2) is 14.9. The molecular formula is C26H23N9O16S5. The monoisotopic (exact) mass is 877 g/mol. The van der Waals surface area contributed by atoms with Gasteiger partial charge in [0.05, 0.1) is 27.3 Å². The van der Waals surface area contributed by atoms with E-state index < -0.39 is 115 Å². The Labute approximate surface area is 315 Å². The van der Waals surface area contributed by atoms with Crippen LogP contribution in [0, 0.1) is 14.7 Å². The fourth-order valence-corrected chi connectivity index (χ4v) is 8.79. The summed E-state index contributed by atoms with van der Waals surface area (Å²) < 4.78 is 138. The summed E-state index contributed by atoms with van der Waals surface area (Å²) in [7, 11) is -24.0. The molecular weight excluding hydrogens is 855 g/mol. The summed E-state index contributed by atoms with van der Waals surface area (Å²) in [6.07, 6.45) is 0. The van der Waals surface area contributed by atoms with Gasteiger partial charge in [-0.3, -0.25) is 18.2 Å². The van der Waals surface area contributed by atoms with Crippen LogP contribution in [0.4, 0.5) is 34.1 Å². The first kappa shape index (κ1) is 42.7. The minimum Gasteiger partial charge on any atom is -0.505 e. The first-order valence-corrected chi connectivity index (χ1v) is 21.3. The topological polar surface area (TPSA) is 455 Å². The molecule has 0 aliphatic carbocycles. The van der Waals surface area contributed by atoms with Crippen LogP contribution in [0.2, 0.25) is 0 Å². The van der Waals surface area contributed by atoms with Gasteiger partial charge in [-0.1, -0.05) is 18.2 Å². The highest BCUT2D eigenvalue weighted by molar-refractivity contribution is 8.30. The van der Waals surface area contributed by atoms with Crippen molar-refractivity contribution in [1.29, 1.82) is 0 Å². The van der Waals surface area contributed by atoms with Gasteiger partial charge in [0.25, 0.3) is 40.5 Å². The van der Waals surface area contributed by atoms with Crippen molar-refractivity contribution in [3.05, 3.63) is 75.4 Å². The number of aromatic hydroxyl groups is 1. The third-order valence-corrected chi connectivity index (χ3v) is 12.5. The Morgan fingerprint density at radius 2 is 1.09 bits per heavy atom. The predicted molar refractivity (Wildman–Crippen MR) is 200 cm³/mol. The Morgan fingerprint density at radius 3 is 1.59 bits per heavy atom. The molecule has 0 atom stereocenters. The lowest BCUT2D eigenvalue weighted by Crippen LogP contribution is -2.05. The molecule has 13 N–H and O–H groups in total. The number of nitrogens with two attached hydrogens (primary N) is 4. The summed E-state index contributed by atoms with van der Waals surface area (Å²) in [5.74, 6) is -1.06. The Hall–Kier alpha value is -5.99. The number of nitrogen functional groups attached to an aromatic ring is 4. The molecule has 0 radical (unpaired) electrons. The molecule has 0 saturated carbocycles. The van der Waals surface area contributed by atoms with E-state index in [1.54, 1.807) is 0 Å². The normalized spacial score (nSPS) is 12.9. The maximum absolute atomic E-state index is 12.4. The Morgan fingerprint density at radius 1 is 0.536 bits per heavy atom. The van der Waals surface area contributed by atoms with Crippen molar-refractivity contribution < 1.29 is 57.0 Å². The van der Waals surface area contributed by atoms with Gasteiger partial charge in [0.2, 0.25) is 0 Å². The number of nitrogens with zero attached hydrogens (tertiary/aromatic N) is 5. The zero-order valence-electron chi connectivity index (χ0n) is 27.1. The Balaban J connectivity index is 0.000000494. The van der Waals surface area contributed by atoms with Crippen LogP contribution in [0.25, 0.3) is 21.5 Å². The molecule has 0 heterocycles. The highest BCUT2D eigenvalue weighted by Crippen LogP contribution is 2.65. The molecule has 298 valence electrons. The molecule has 0 saturated heterocycles. The summed E-state index contributed by atoms with van der Waals surface area (Å²) in [5.41, 5.74) is 19.4. The SMILES string of the molecule is Nc1c(S(=O)(=O)O)cc2cc(S(N=O)(N=O)N=O)c(N=Nc3ccc4c(S(=O)(=O)O)cccc4c3S(=O)(=O)O)c(N)c2c1O.Nc1ccc(S(=O)(=O)O)c(N)c1. The third kappa shape index (κ3) is 8.16. The second-order valence-corrected chi connectivity index (χ2v) is 18.2. The maximum atomic E-state index is 12.4. The number of phenolic OH excluding ortho intramolecular Hbond substituents is 1. The van der Waals surface area contributed by atoms with Crippen LogP contribution in [-0.4, -0.2) is 57.0 Å². The molecule has 0 aromatic heterocycles. The number of anilines is 4. The predicted octanol–water partition coefficient (Wildman–Crippen LogP) is 4.32. The highest BCUT2D eigenvalue weighted by Gasteiger charge is 2.37. The van der Waals surface area contributed by atoms with Gasteiger partial charge < -0.3 is 28.0 Å². The van der Waals surface area contributed by atoms with Crippen molar-refractivity contribution in [1.82, 2.24) is 0 Å². The molecule has 0 aliphatic heterocycles. The van der Waals surface area contributed by atoms with Crippen LogP contribution >= 0.6 is 10.6 Å². The summed E-state index contributed by atoms with van der Waals surface area (Å²) in [6, 6.07) is 9.95. The minimum absolute atomic E-state index is 0.0579. The smallest absolute Gasteiger partial charge is 0.297 e. The van der Waals surface area contributed by atoms with E-state index >= 15 is 0 Å². The van der Waals surface area contributed by atoms with Crippen LogP contribution in [0.15, 0.2) is 109 Å². The Kier molecular flexibility index (Phi) is 11.4.